The lowest BCUT2D eigenvalue weighted by molar-refractivity contribution is -0.132. The van der Waals surface area contributed by atoms with Crippen molar-refractivity contribution in [3.63, 3.8) is 0 Å². The van der Waals surface area contributed by atoms with E-state index in [9.17, 15) is 14.7 Å². The number of aromatic nitrogens is 2. The van der Waals surface area contributed by atoms with Crippen LogP contribution in [0.4, 0.5) is 0 Å². The van der Waals surface area contributed by atoms with Gasteiger partial charge < -0.3 is 15.3 Å². The monoisotopic (exact) mass is 290 g/mol. The lowest BCUT2D eigenvalue weighted by Crippen LogP contribution is -2.40. The highest BCUT2D eigenvalue weighted by Gasteiger charge is 2.21. The van der Waals surface area contributed by atoms with E-state index in [0.717, 1.165) is 0 Å². The van der Waals surface area contributed by atoms with Crippen molar-refractivity contribution in [1.29, 1.82) is 0 Å². The molecular weight excluding hydrogens is 272 g/mol. The minimum atomic E-state index is -0.573. The number of aliphatic hydroxyl groups is 1. The number of para-hydroxylation sites is 1. The molecule has 1 amide bonds. The number of rotatable bonds is 2. The normalized spacial score (nSPS) is 19.7. The van der Waals surface area contributed by atoms with Gasteiger partial charge in [-0.2, -0.15) is 0 Å². The highest BCUT2D eigenvalue weighted by atomic mass is 16.3. The SMILES string of the molecule is O=C(Cn1[nH]c2ccccc2c1=O)N1CCNCC(O)C1. The number of hydrogen-bond acceptors (Lipinski definition) is 4. The van der Waals surface area contributed by atoms with Crippen molar-refractivity contribution >= 4 is 16.8 Å². The molecule has 21 heavy (non-hydrogen) atoms. The zero-order valence-corrected chi connectivity index (χ0v) is 11.6. The molecule has 0 aliphatic carbocycles. The maximum Gasteiger partial charge on any atom is 0.274 e. The molecule has 1 saturated heterocycles. The van der Waals surface area contributed by atoms with Gasteiger partial charge in [-0.25, -0.2) is 4.68 Å². The first-order valence-corrected chi connectivity index (χ1v) is 6.99. The maximum absolute atomic E-state index is 12.3. The Labute approximate surface area is 121 Å². The predicted molar refractivity (Wildman–Crippen MR) is 78.0 cm³/mol. The molecule has 3 N–H and O–H groups in total. The average molecular weight is 290 g/mol. The van der Waals surface area contributed by atoms with Gasteiger partial charge in [0.1, 0.15) is 6.54 Å². The topological polar surface area (TPSA) is 90.4 Å². The Hall–Kier alpha value is -2.12. The van der Waals surface area contributed by atoms with Crippen molar-refractivity contribution < 1.29 is 9.90 Å². The lowest BCUT2D eigenvalue weighted by atomic mass is 10.3. The summed E-state index contributed by atoms with van der Waals surface area (Å²) in [5.74, 6) is -0.175. The molecular formula is C14H18N4O3. The zero-order chi connectivity index (χ0) is 14.8. The number of hydrogen-bond donors (Lipinski definition) is 3. The zero-order valence-electron chi connectivity index (χ0n) is 11.6. The second-order valence-corrected chi connectivity index (χ2v) is 5.25. The van der Waals surface area contributed by atoms with Crippen LogP contribution in [0.1, 0.15) is 0 Å². The van der Waals surface area contributed by atoms with E-state index < -0.39 is 6.10 Å². The molecule has 1 fully saturated rings. The summed E-state index contributed by atoms with van der Waals surface area (Å²) >= 11 is 0. The summed E-state index contributed by atoms with van der Waals surface area (Å²) in [7, 11) is 0. The number of β-amino-alcohol motifs (C(OH)–C–C–N with tert-alkyl or cyclic N) is 1. The summed E-state index contributed by atoms with van der Waals surface area (Å²) in [6, 6.07) is 7.16. The smallest absolute Gasteiger partial charge is 0.274 e. The second-order valence-electron chi connectivity index (χ2n) is 5.25. The Morgan fingerprint density at radius 1 is 1.38 bits per heavy atom. The molecule has 0 bridgehead atoms. The molecule has 7 heteroatoms. The molecule has 1 aliphatic heterocycles. The third kappa shape index (κ3) is 2.84. The number of amides is 1. The van der Waals surface area contributed by atoms with Gasteiger partial charge in [0.25, 0.3) is 5.56 Å². The second kappa shape index (κ2) is 5.71. The Morgan fingerprint density at radius 2 is 2.19 bits per heavy atom. The summed E-state index contributed by atoms with van der Waals surface area (Å²) in [6.07, 6.45) is -0.573. The Morgan fingerprint density at radius 3 is 3.00 bits per heavy atom. The van der Waals surface area contributed by atoms with Gasteiger partial charge in [-0.1, -0.05) is 12.1 Å². The van der Waals surface area contributed by atoms with Gasteiger partial charge in [-0.3, -0.25) is 14.7 Å². The summed E-state index contributed by atoms with van der Waals surface area (Å²) in [5.41, 5.74) is 0.514. The van der Waals surface area contributed by atoms with Crippen molar-refractivity contribution in [3.05, 3.63) is 34.6 Å². The number of benzene rings is 1. The molecule has 1 unspecified atom stereocenters. The van der Waals surface area contributed by atoms with Crippen molar-refractivity contribution in [2.45, 2.75) is 12.6 Å². The van der Waals surface area contributed by atoms with Crippen LogP contribution in [0, 0.1) is 0 Å². The van der Waals surface area contributed by atoms with Crippen molar-refractivity contribution in [3.8, 4) is 0 Å². The number of nitrogens with zero attached hydrogens (tertiary/aromatic N) is 2. The number of H-pyrrole nitrogens is 1. The van der Waals surface area contributed by atoms with Crippen molar-refractivity contribution in [1.82, 2.24) is 20.0 Å². The summed E-state index contributed by atoms with van der Waals surface area (Å²) in [4.78, 5) is 26.1. The van der Waals surface area contributed by atoms with Gasteiger partial charge in [-0.15, -0.1) is 0 Å². The van der Waals surface area contributed by atoms with Gasteiger partial charge in [0.15, 0.2) is 0 Å². The molecule has 1 aromatic carbocycles. The Balaban J connectivity index is 1.79. The number of carbonyl (C=O) groups is 1. The first kappa shape index (κ1) is 13.8. The molecule has 0 spiro atoms. The molecule has 2 heterocycles. The van der Waals surface area contributed by atoms with Crippen LogP contribution in [0.3, 0.4) is 0 Å². The number of fused-ring (bicyclic) bond motifs is 1. The molecule has 1 aliphatic rings. The van der Waals surface area contributed by atoms with E-state index in [0.29, 0.717) is 37.1 Å². The first-order valence-electron chi connectivity index (χ1n) is 6.99. The molecule has 0 radical (unpaired) electrons. The van der Waals surface area contributed by atoms with Crippen LogP contribution in [0.15, 0.2) is 29.1 Å². The highest BCUT2D eigenvalue weighted by molar-refractivity contribution is 5.79. The van der Waals surface area contributed by atoms with E-state index in [1.807, 2.05) is 6.07 Å². The molecule has 1 atom stereocenters. The van der Waals surface area contributed by atoms with E-state index in [2.05, 4.69) is 10.4 Å². The van der Waals surface area contributed by atoms with Gasteiger partial charge in [-0.05, 0) is 12.1 Å². The van der Waals surface area contributed by atoms with Crippen LogP contribution in [-0.2, 0) is 11.3 Å². The number of aromatic amines is 1. The summed E-state index contributed by atoms with van der Waals surface area (Å²) in [5, 5.41) is 16.3. The highest BCUT2D eigenvalue weighted by Crippen LogP contribution is 2.06. The average Bonchev–Trinajstić information content (AvgIpc) is 2.65. The molecule has 112 valence electrons. The van der Waals surface area contributed by atoms with Crippen molar-refractivity contribution in [2.24, 2.45) is 0 Å². The van der Waals surface area contributed by atoms with Crippen molar-refractivity contribution in [2.75, 3.05) is 26.2 Å². The Bertz CT molecular complexity index is 706. The predicted octanol–water partition coefficient (Wildman–Crippen LogP) is -0.878. The molecule has 2 aromatic rings. The van der Waals surface area contributed by atoms with E-state index in [4.69, 9.17) is 0 Å². The minimum absolute atomic E-state index is 0.0414. The van der Waals surface area contributed by atoms with Crippen LogP contribution < -0.4 is 10.9 Å². The van der Waals surface area contributed by atoms with Gasteiger partial charge >= 0.3 is 0 Å². The third-order valence-corrected chi connectivity index (χ3v) is 3.67. The van der Waals surface area contributed by atoms with Gasteiger partial charge in [0.2, 0.25) is 5.91 Å². The Kier molecular flexibility index (Phi) is 3.76. The van der Waals surface area contributed by atoms with E-state index >= 15 is 0 Å². The summed E-state index contributed by atoms with van der Waals surface area (Å²) < 4.78 is 1.32. The number of carbonyl (C=O) groups excluding carboxylic acids is 1. The molecule has 0 saturated carbocycles. The molecule has 7 nitrogen and oxygen atoms in total. The van der Waals surface area contributed by atoms with Crippen LogP contribution in [-0.4, -0.2) is 58.0 Å². The van der Waals surface area contributed by atoms with Crippen LogP contribution in [0.25, 0.3) is 10.9 Å². The maximum atomic E-state index is 12.3. The first-order chi connectivity index (χ1) is 10.1. The number of aliphatic hydroxyl groups excluding tert-OH is 1. The molecule has 1 aromatic heterocycles. The fourth-order valence-corrected chi connectivity index (χ4v) is 2.57. The van der Waals surface area contributed by atoms with Gasteiger partial charge in [0.05, 0.1) is 17.0 Å². The largest absolute Gasteiger partial charge is 0.390 e. The van der Waals surface area contributed by atoms with E-state index in [1.54, 1.807) is 23.1 Å². The quantitative estimate of drug-likeness (QED) is 0.670. The van der Waals surface area contributed by atoms with Crippen LogP contribution in [0.5, 0.6) is 0 Å². The van der Waals surface area contributed by atoms with E-state index in [1.165, 1.54) is 4.68 Å². The van der Waals surface area contributed by atoms with E-state index in [-0.39, 0.29) is 18.0 Å². The minimum Gasteiger partial charge on any atom is -0.390 e. The van der Waals surface area contributed by atoms with Gasteiger partial charge in [0, 0.05) is 26.2 Å². The standard InChI is InChI=1S/C14H18N4O3/c19-10-7-15-5-6-17(8-10)13(20)9-18-14(21)11-3-1-2-4-12(11)16-18/h1-4,10,15-16,19H,5-9H2. The third-order valence-electron chi connectivity index (χ3n) is 3.67. The fraction of sp³-hybridized carbons (Fsp3) is 0.429. The lowest BCUT2D eigenvalue weighted by Gasteiger charge is -2.21. The van der Waals surface area contributed by atoms with Crippen LogP contribution >= 0.6 is 0 Å². The number of nitrogens with one attached hydrogen (secondary N) is 2. The molecule has 3 rings (SSSR count). The summed E-state index contributed by atoms with van der Waals surface area (Å²) in [6.45, 7) is 1.91. The van der Waals surface area contributed by atoms with Crippen LogP contribution in [0.2, 0.25) is 0 Å². The fourth-order valence-electron chi connectivity index (χ4n) is 2.57.